The molecule has 0 aromatic heterocycles. The van der Waals surface area contributed by atoms with E-state index in [0.717, 1.165) is 53.4 Å². The molecule has 0 saturated carbocycles. The fourth-order valence-electron chi connectivity index (χ4n) is 3.39. The lowest BCUT2D eigenvalue weighted by atomic mass is 9.81. The summed E-state index contributed by atoms with van der Waals surface area (Å²) in [6.45, 7) is 4.05. The second kappa shape index (κ2) is 7.08. The molecule has 0 radical (unpaired) electrons. The number of Topliss-reactive ketones (excluding diaryl/α,β-unsaturated/α-hetero) is 1. The minimum absolute atomic E-state index is 0.000643. The van der Waals surface area contributed by atoms with Gasteiger partial charge in [0.05, 0.1) is 6.26 Å². The number of hydrogen-bond acceptors (Lipinski definition) is 3. The van der Waals surface area contributed by atoms with Gasteiger partial charge in [0, 0.05) is 16.8 Å². The van der Waals surface area contributed by atoms with Gasteiger partial charge in [-0.3, -0.25) is 9.52 Å². The van der Waals surface area contributed by atoms with E-state index in [1.807, 2.05) is 37.3 Å². The largest absolute Gasteiger partial charge is 0.289 e. The highest BCUT2D eigenvalue weighted by atomic mass is 32.2. The Morgan fingerprint density at radius 1 is 1.08 bits per heavy atom. The summed E-state index contributed by atoms with van der Waals surface area (Å²) < 4.78 is 25.6. The molecule has 0 fully saturated rings. The smallest absolute Gasteiger partial charge is 0.229 e. The van der Waals surface area contributed by atoms with Crippen molar-refractivity contribution in [1.82, 2.24) is 0 Å². The summed E-state index contributed by atoms with van der Waals surface area (Å²) in [5.74, 6) is -0.000643. The molecule has 136 valence electrons. The Hall–Kier alpha value is -2.40. The monoisotopic (exact) mass is 369 g/mol. The third kappa shape index (κ3) is 3.88. The number of aryl methyl sites for hydroxylation is 2. The quantitative estimate of drug-likeness (QED) is 0.797. The van der Waals surface area contributed by atoms with E-state index in [1.165, 1.54) is 0 Å². The van der Waals surface area contributed by atoms with Crippen molar-refractivity contribution in [2.75, 3.05) is 11.0 Å². The highest BCUT2D eigenvalue weighted by molar-refractivity contribution is 7.92. The van der Waals surface area contributed by atoms with Crippen LogP contribution in [0.5, 0.6) is 0 Å². The van der Waals surface area contributed by atoms with Crippen molar-refractivity contribution in [1.29, 1.82) is 0 Å². The molecular formula is C21H23NO3S. The van der Waals surface area contributed by atoms with E-state index in [1.54, 1.807) is 12.1 Å². The maximum absolute atomic E-state index is 13.2. The maximum atomic E-state index is 13.2. The van der Waals surface area contributed by atoms with Crippen LogP contribution in [0.3, 0.4) is 0 Å². The number of carbonyl (C=O) groups is 1. The van der Waals surface area contributed by atoms with Gasteiger partial charge in [0.15, 0.2) is 5.78 Å². The van der Waals surface area contributed by atoms with Crippen molar-refractivity contribution in [3.63, 3.8) is 0 Å². The van der Waals surface area contributed by atoms with Gasteiger partial charge in [-0.25, -0.2) is 8.42 Å². The van der Waals surface area contributed by atoms with Gasteiger partial charge in [0.1, 0.15) is 0 Å². The molecular weight excluding hydrogens is 346 g/mol. The fraction of sp³-hybridized carbons (Fsp3) is 0.286. The van der Waals surface area contributed by atoms with Crippen molar-refractivity contribution in [2.24, 2.45) is 0 Å². The van der Waals surface area contributed by atoms with Gasteiger partial charge in [0.25, 0.3) is 0 Å². The number of anilines is 1. The summed E-state index contributed by atoms with van der Waals surface area (Å²) in [4.78, 5) is 13.2. The molecule has 4 nitrogen and oxygen atoms in total. The van der Waals surface area contributed by atoms with Crippen molar-refractivity contribution in [3.8, 4) is 0 Å². The number of ketones is 1. The Balaban J connectivity index is 2.11. The van der Waals surface area contributed by atoms with E-state index < -0.39 is 10.0 Å². The summed E-state index contributed by atoms with van der Waals surface area (Å²) in [6, 6.07) is 13.0. The molecule has 0 amide bonds. The van der Waals surface area contributed by atoms with Crippen LogP contribution >= 0.6 is 0 Å². The standard InChI is InChI=1S/C21H23NO3S/c1-4-15-9-10-16-11-12-18(22-26(3,24)25)13-19(16)20(15)21(23)17-7-5-14(2)6-8-17/h5-8,11-13,22H,4,9-10H2,1-3H3. The molecule has 0 heterocycles. The zero-order valence-corrected chi connectivity index (χ0v) is 16.1. The van der Waals surface area contributed by atoms with Crippen molar-refractivity contribution in [3.05, 3.63) is 70.3 Å². The number of benzene rings is 2. The third-order valence-electron chi connectivity index (χ3n) is 4.70. The molecule has 3 rings (SSSR count). The SMILES string of the molecule is CCC1=C(C(=O)c2ccc(C)cc2)c2cc(NS(C)(=O)=O)ccc2CC1. The van der Waals surface area contributed by atoms with Gasteiger partial charge in [-0.1, -0.05) is 48.4 Å². The molecule has 2 aromatic rings. The average molecular weight is 369 g/mol. The van der Waals surface area contributed by atoms with Crippen LogP contribution in [0.15, 0.2) is 48.0 Å². The first-order chi connectivity index (χ1) is 12.3. The predicted octanol–water partition coefficient (Wildman–Crippen LogP) is 4.36. The van der Waals surface area contributed by atoms with Crippen LogP contribution in [-0.2, 0) is 16.4 Å². The molecule has 0 bridgehead atoms. The van der Waals surface area contributed by atoms with Crippen LogP contribution < -0.4 is 4.72 Å². The van der Waals surface area contributed by atoms with E-state index >= 15 is 0 Å². The van der Waals surface area contributed by atoms with E-state index in [-0.39, 0.29) is 5.78 Å². The van der Waals surface area contributed by atoms with Gasteiger partial charge < -0.3 is 0 Å². The van der Waals surface area contributed by atoms with E-state index in [0.29, 0.717) is 11.3 Å². The van der Waals surface area contributed by atoms with Gasteiger partial charge in [0.2, 0.25) is 10.0 Å². The Morgan fingerprint density at radius 2 is 1.77 bits per heavy atom. The van der Waals surface area contributed by atoms with E-state index in [2.05, 4.69) is 11.6 Å². The highest BCUT2D eigenvalue weighted by Gasteiger charge is 2.25. The zero-order chi connectivity index (χ0) is 18.9. The molecule has 1 aliphatic rings. The molecule has 5 heteroatoms. The Labute approximate surface area is 155 Å². The Morgan fingerprint density at radius 3 is 2.38 bits per heavy atom. The van der Waals surface area contributed by atoms with Crippen molar-refractivity contribution in [2.45, 2.75) is 33.1 Å². The summed E-state index contributed by atoms with van der Waals surface area (Å²) in [5, 5.41) is 0. The summed E-state index contributed by atoms with van der Waals surface area (Å²) >= 11 is 0. The van der Waals surface area contributed by atoms with Gasteiger partial charge >= 0.3 is 0 Å². The van der Waals surface area contributed by atoms with Crippen molar-refractivity contribution >= 4 is 27.1 Å². The lowest BCUT2D eigenvalue weighted by Crippen LogP contribution is -2.14. The molecule has 1 aliphatic carbocycles. The lowest BCUT2D eigenvalue weighted by molar-refractivity contribution is 0.105. The van der Waals surface area contributed by atoms with Crippen LogP contribution in [0.2, 0.25) is 0 Å². The number of hydrogen-bond donors (Lipinski definition) is 1. The van der Waals surface area contributed by atoms with Gasteiger partial charge in [-0.2, -0.15) is 0 Å². The first kappa shape index (κ1) is 18.4. The number of rotatable bonds is 5. The number of allylic oxidation sites excluding steroid dienone is 2. The molecule has 0 saturated heterocycles. The molecule has 0 spiro atoms. The molecule has 0 atom stereocenters. The molecule has 26 heavy (non-hydrogen) atoms. The second-order valence-electron chi connectivity index (χ2n) is 6.77. The first-order valence-electron chi connectivity index (χ1n) is 8.73. The Bertz CT molecular complexity index is 986. The second-order valence-corrected chi connectivity index (χ2v) is 8.52. The maximum Gasteiger partial charge on any atom is 0.229 e. The molecule has 2 aromatic carbocycles. The third-order valence-corrected chi connectivity index (χ3v) is 5.31. The van der Waals surface area contributed by atoms with Crippen LogP contribution in [0, 0.1) is 6.92 Å². The fourth-order valence-corrected chi connectivity index (χ4v) is 3.95. The van der Waals surface area contributed by atoms with Crippen LogP contribution in [0.4, 0.5) is 5.69 Å². The summed E-state index contributed by atoms with van der Waals surface area (Å²) in [6.07, 6.45) is 3.64. The van der Waals surface area contributed by atoms with E-state index in [9.17, 15) is 13.2 Å². The highest BCUT2D eigenvalue weighted by Crippen LogP contribution is 2.36. The van der Waals surface area contributed by atoms with Crippen molar-refractivity contribution < 1.29 is 13.2 Å². The average Bonchev–Trinajstić information content (AvgIpc) is 2.59. The summed E-state index contributed by atoms with van der Waals surface area (Å²) in [5.41, 5.74) is 6.01. The number of carbonyl (C=O) groups excluding carboxylic acids is 1. The molecule has 1 N–H and O–H groups in total. The summed E-state index contributed by atoms with van der Waals surface area (Å²) in [7, 11) is -3.37. The topological polar surface area (TPSA) is 63.2 Å². The Kier molecular flexibility index (Phi) is 5.01. The number of sulfonamides is 1. The van der Waals surface area contributed by atoms with Gasteiger partial charge in [-0.15, -0.1) is 0 Å². The van der Waals surface area contributed by atoms with Gasteiger partial charge in [-0.05, 0) is 49.4 Å². The molecule has 0 unspecified atom stereocenters. The first-order valence-corrected chi connectivity index (χ1v) is 10.6. The molecule has 0 aliphatic heterocycles. The number of nitrogens with one attached hydrogen (secondary N) is 1. The minimum Gasteiger partial charge on any atom is -0.289 e. The van der Waals surface area contributed by atoms with Crippen LogP contribution in [0.1, 0.15) is 46.8 Å². The van der Waals surface area contributed by atoms with Crippen LogP contribution in [0.25, 0.3) is 5.57 Å². The normalized spacial score (nSPS) is 14.1. The van der Waals surface area contributed by atoms with E-state index in [4.69, 9.17) is 0 Å². The predicted molar refractivity (Wildman–Crippen MR) is 106 cm³/mol. The number of fused-ring (bicyclic) bond motifs is 1. The lowest BCUT2D eigenvalue weighted by Gasteiger charge is -2.23. The van der Waals surface area contributed by atoms with Crippen LogP contribution in [-0.4, -0.2) is 20.5 Å². The zero-order valence-electron chi connectivity index (χ0n) is 15.3. The minimum atomic E-state index is -3.37.